The molecule has 1 aromatic rings. The summed E-state index contributed by atoms with van der Waals surface area (Å²) in [4.78, 5) is 10.1. The second kappa shape index (κ2) is 4.66. The zero-order valence-electron chi connectivity index (χ0n) is 9.39. The first-order valence-electron chi connectivity index (χ1n) is 5.45. The molecule has 7 heteroatoms. The summed E-state index contributed by atoms with van der Waals surface area (Å²) in [7, 11) is -4.00. The fourth-order valence-electron chi connectivity index (χ4n) is 1.65. The lowest BCUT2D eigenvalue weighted by Gasteiger charge is -2.26. The fourth-order valence-corrected chi connectivity index (χ4v) is 3.06. The van der Waals surface area contributed by atoms with Crippen molar-refractivity contribution >= 4 is 16.0 Å². The van der Waals surface area contributed by atoms with Crippen molar-refractivity contribution in [2.24, 2.45) is 0 Å². The van der Waals surface area contributed by atoms with Crippen LogP contribution < -0.4 is 4.72 Å². The average Bonchev–Trinajstić information content (AvgIpc) is 2.24. The van der Waals surface area contributed by atoms with Crippen molar-refractivity contribution in [3.05, 3.63) is 29.6 Å². The summed E-state index contributed by atoms with van der Waals surface area (Å²) in [6.07, 6.45) is 2.38. The van der Waals surface area contributed by atoms with Gasteiger partial charge in [-0.05, 0) is 31.0 Å². The van der Waals surface area contributed by atoms with Crippen molar-refractivity contribution in [2.75, 3.05) is 0 Å². The largest absolute Gasteiger partial charge is 0.478 e. The van der Waals surface area contributed by atoms with Gasteiger partial charge in [0.1, 0.15) is 10.7 Å². The highest BCUT2D eigenvalue weighted by atomic mass is 32.2. The van der Waals surface area contributed by atoms with Gasteiger partial charge in [0, 0.05) is 6.04 Å². The molecule has 0 aromatic heterocycles. The Morgan fingerprint density at radius 1 is 1.39 bits per heavy atom. The van der Waals surface area contributed by atoms with Crippen molar-refractivity contribution in [3.63, 3.8) is 0 Å². The molecule has 5 nitrogen and oxygen atoms in total. The van der Waals surface area contributed by atoms with Crippen LogP contribution in [-0.4, -0.2) is 25.5 Å². The summed E-state index contributed by atoms with van der Waals surface area (Å²) in [5, 5.41) is 8.77. The molecule has 98 valence electrons. The number of rotatable bonds is 4. The maximum atomic E-state index is 13.5. The predicted molar refractivity (Wildman–Crippen MR) is 61.3 cm³/mol. The highest BCUT2D eigenvalue weighted by Gasteiger charge is 2.27. The molecular weight excluding hydrogens is 261 g/mol. The molecule has 0 amide bonds. The van der Waals surface area contributed by atoms with Crippen LogP contribution in [0.15, 0.2) is 23.1 Å². The average molecular weight is 273 g/mol. The standard InChI is InChI=1S/C11H12FNO4S/c12-9-5-4-7(11(14)15)6-10(9)18(16,17)13-8-2-1-3-8/h4-6,8,13H,1-3H2,(H,14,15). The SMILES string of the molecule is O=C(O)c1ccc(F)c(S(=O)(=O)NC2CCC2)c1. The van der Waals surface area contributed by atoms with Crippen LogP contribution in [0, 0.1) is 5.82 Å². The van der Waals surface area contributed by atoms with E-state index >= 15 is 0 Å². The Bertz CT molecular complexity index is 581. The predicted octanol–water partition coefficient (Wildman–Crippen LogP) is 1.35. The molecule has 1 aliphatic rings. The molecule has 0 spiro atoms. The Kier molecular flexibility index (Phi) is 3.36. The quantitative estimate of drug-likeness (QED) is 0.867. The normalized spacial score (nSPS) is 16.3. The maximum absolute atomic E-state index is 13.5. The van der Waals surface area contributed by atoms with Gasteiger partial charge in [-0.15, -0.1) is 0 Å². The number of carboxylic acids is 1. The summed E-state index contributed by atoms with van der Waals surface area (Å²) in [6.45, 7) is 0. The van der Waals surface area contributed by atoms with Gasteiger partial charge in [0.2, 0.25) is 10.0 Å². The molecule has 1 aromatic carbocycles. The first kappa shape index (κ1) is 13.0. The molecular formula is C11H12FNO4S. The van der Waals surface area contributed by atoms with E-state index in [9.17, 15) is 17.6 Å². The topological polar surface area (TPSA) is 83.5 Å². The number of halogens is 1. The lowest BCUT2D eigenvalue weighted by Crippen LogP contribution is -2.39. The van der Waals surface area contributed by atoms with E-state index < -0.39 is 26.7 Å². The van der Waals surface area contributed by atoms with Gasteiger partial charge in [-0.2, -0.15) is 0 Å². The number of nitrogens with one attached hydrogen (secondary N) is 1. The van der Waals surface area contributed by atoms with E-state index in [0.29, 0.717) is 0 Å². The van der Waals surface area contributed by atoms with E-state index in [4.69, 9.17) is 5.11 Å². The third kappa shape index (κ3) is 2.51. The van der Waals surface area contributed by atoms with Crippen molar-refractivity contribution in [1.82, 2.24) is 4.72 Å². The Morgan fingerprint density at radius 2 is 2.06 bits per heavy atom. The minimum absolute atomic E-state index is 0.178. The van der Waals surface area contributed by atoms with Crippen molar-refractivity contribution in [2.45, 2.75) is 30.2 Å². The van der Waals surface area contributed by atoms with Gasteiger partial charge in [-0.1, -0.05) is 6.42 Å². The summed E-state index contributed by atoms with van der Waals surface area (Å²) >= 11 is 0. The fraction of sp³-hybridized carbons (Fsp3) is 0.364. The van der Waals surface area contributed by atoms with E-state index in [1.165, 1.54) is 0 Å². The van der Waals surface area contributed by atoms with E-state index in [2.05, 4.69) is 4.72 Å². The Labute approximate surface area is 104 Å². The molecule has 2 N–H and O–H groups in total. The van der Waals surface area contributed by atoms with Gasteiger partial charge in [-0.25, -0.2) is 22.3 Å². The Morgan fingerprint density at radius 3 is 2.56 bits per heavy atom. The highest BCUT2D eigenvalue weighted by molar-refractivity contribution is 7.89. The monoisotopic (exact) mass is 273 g/mol. The second-order valence-electron chi connectivity index (χ2n) is 4.20. The van der Waals surface area contributed by atoms with Crippen molar-refractivity contribution in [1.29, 1.82) is 0 Å². The summed E-state index contributed by atoms with van der Waals surface area (Å²) < 4.78 is 39.6. The number of carboxylic acid groups (broad SMARTS) is 1. The molecule has 2 rings (SSSR count). The van der Waals surface area contributed by atoms with Gasteiger partial charge < -0.3 is 5.11 Å². The first-order chi connectivity index (χ1) is 8.40. The molecule has 18 heavy (non-hydrogen) atoms. The van der Waals surface area contributed by atoms with Gasteiger partial charge >= 0.3 is 5.97 Å². The molecule has 0 aliphatic heterocycles. The maximum Gasteiger partial charge on any atom is 0.335 e. The minimum Gasteiger partial charge on any atom is -0.478 e. The Hall–Kier alpha value is -1.47. The zero-order valence-corrected chi connectivity index (χ0v) is 10.2. The van der Waals surface area contributed by atoms with Crippen LogP contribution >= 0.6 is 0 Å². The molecule has 0 saturated heterocycles. The van der Waals surface area contributed by atoms with Crippen LogP contribution in [-0.2, 0) is 10.0 Å². The number of sulfonamides is 1. The van der Waals surface area contributed by atoms with Crippen LogP contribution in [0.1, 0.15) is 29.6 Å². The van der Waals surface area contributed by atoms with Crippen molar-refractivity contribution < 1.29 is 22.7 Å². The van der Waals surface area contributed by atoms with E-state index in [1.807, 2.05) is 0 Å². The van der Waals surface area contributed by atoms with E-state index in [-0.39, 0.29) is 11.6 Å². The Balaban J connectivity index is 2.35. The molecule has 1 saturated carbocycles. The molecule has 0 heterocycles. The van der Waals surface area contributed by atoms with Crippen LogP contribution in [0.5, 0.6) is 0 Å². The number of benzene rings is 1. The summed E-state index contributed by atoms with van der Waals surface area (Å²) in [5.74, 6) is -2.25. The van der Waals surface area contributed by atoms with E-state index in [0.717, 1.165) is 37.5 Å². The van der Waals surface area contributed by atoms with Gasteiger partial charge in [0.05, 0.1) is 5.56 Å². The number of carbonyl (C=O) groups is 1. The van der Waals surface area contributed by atoms with Crippen LogP contribution in [0.4, 0.5) is 4.39 Å². The minimum atomic E-state index is -4.00. The molecule has 0 bridgehead atoms. The third-order valence-corrected chi connectivity index (χ3v) is 4.43. The summed E-state index contributed by atoms with van der Waals surface area (Å²) in [6, 6.07) is 2.53. The zero-order chi connectivity index (χ0) is 13.3. The van der Waals surface area contributed by atoms with Crippen LogP contribution in [0.3, 0.4) is 0 Å². The molecule has 1 aliphatic carbocycles. The molecule has 0 radical (unpaired) electrons. The van der Waals surface area contributed by atoms with Gasteiger partial charge in [0.25, 0.3) is 0 Å². The van der Waals surface area contributed by atoms with Crippen molar-refractivity contribution in [3.8, 4) is 0 Å². The van der Waals surface area contributed by atoms with Gasteiger partial charge in [-0.3, -0.25) is 0 Å². The summed E-state index contributed by atoms with van der Waals surface area (Å²) in [5.41, 5.74) is -0.259. The van der Waals surface area contributed by atoms with Crippen LogP contribution in [0.2, 0.25) is 0 Å². The smallest absolute Gasteiger partial charge is 0.335 e. The van der Waals surface area contributed by atoms with E-state index in [1.54, 1.807) is 0 Å². The number of hydrogen-bond donors (Lipinski definition) is 2. The van der Waals surface area contributed by atoms with Crippen LogP contribution in [0.25, 0.3) is 0 Å². The number of aromatic carboxylic acids is 1. The molecule has 1 fully saturated rings. The third-order valence-electron chi connectivity index (χ3n) is 2.89. The van der Waals surface area contributed by atoms with Gasteiger partial charge in [0.15, 0.2) is 0 Å². The lowest BCUT2D eigenvalue weighted by atomic mass is 9.94. The first-order valence-corrected chi connectivity index (χ1v) is 6.93. The second-order valence-corrected chi connectivity index (χ2v) is 5.88. The highest BCUT2D eigenvalue weighted by Crippen LogP contribution is 2.22. The molecule has 0 atom stereocenters. The lowest BCUT2D eigenvalue weighted by molar-refractivity contribution is 0.0696. The molecule has 0 unspecified atom stereocenters. The number of hydrogen-bond acceptors (Lipinski definition) is 3.